The van der Waals surface area contributed by atoms with E-state index >= 15 is 0 Å². The lowest BCUT2D eigenvalue weighted by atomic mass is 9.77. The number of carbonyl (C=O) groups excluding carboxylic acids is 2. The number of rotatable bonds is 4. The van der Waals surface area contributed by atoms with Gasteiger partial charge in [-0.15, -0.1) is 0 Å². The van der Waals surface area contributed by atoms with E-state index in [1.54, 1.807) is 4.90 Å². The molecule has 27 heavy (non-hydrogen) atoms. The molecule has 5 nitrogen and oxygen atoms in total. The first kappa shape index (κ1) is 19.7. The van der Waals surface area contributed by atoms with Crippen molar-refractivity contribution in [3.63, 3.8) is 0 Å². The molecule has 0 aromatic heterocycles. The summed E-state index contributed by atoms with van der Waals surface area (Å²) in [4.78, 5) is 30.5. The SMILES string of the molecule is C[C@@H](C(=O)N1CCC2(CC1)CC(=O)N(Cc1cc(F)cc(F)c1)C2)N(C)C. The lowest BCUT2D eigenvalue weighted by molar-refractivity contribution is -0.137. The first-order valence-electron chi connectivity index (χ1n) is 9.37. The fourth-order valence-electron chi connectivity index (χ4n) is 4.07. The third kappa shape index (κ3) is 4.29. The Morgan fingerprint density at radius 2 is 1.78 bits per heavy atom. The number of benzene rings is 1. The van der Waals surface area contributed by atoms with Gasteiger partial charge in [-0.1, -0.05) is 0 Å². The molecule has 0 N–H and O–H groups in total. The van der Waals surface area contributed by atoms with Gasteiger partial charge >= 0.3 is 0 Å². The maximum absolute atomic E-state index is 13.4. The van der Waals surface area contributed by atoms with E-state index < -0.39 is 11.6 Å². The Bertz CT molecular complexity index is 710. The van der Waals surface area contributed by atoms with E-state index in [4.69, 9.17) is 0 Å². The van der Waals surface area contributed by atoms with Gasteiger partial charge in [-0.3, -0.25) is 14.5 Å². The summed E-state index contributed by atoms with van der Waals surface area (Å²) in [6, 6.07) is 3.21. The molecule has 2 amide bonds. The summed E-state index contributed by atoms with van der Waals surface area (Å²) >= 11 is 0. The highest BCUT2D eigenvalue weighted by Crippen LogP contribution is 2.41. The summed E-state index contributed by atoms with van der Waals surface area (Å²) in [5, 5.41) is 0. The molecule has 1 atom stereocenters. The largest absolute Gasteiger partial charge is 0.341 e. The number of amides is 2. The number of halogens is 2. The highest BCUT2D eigenvalue weighted by Gasteiger charge is 2.45. The van der Waals surface area contributed by atoms with Gasteiger partial charge in [0.05, 0.1) is 6.04 Å². The molecule has 1 aromatic carbocycles. The molecule has 3 rings (SSSR count). The van der Waals surface area contributed by atoms with Gasteiger partial charge in [-0.05, 0) is 51.6 Å². The second-order valence-electron chi connectivity index (χ2n) is 8.17. The molecule has 0 saturated carbocycles. The predicted octanol–water partition coefficient (Wildman–Crippen LogP) is 2.26. The number of likely N-dealkylation sites (tertiary alicyclic amines) is 2. The Balaban J connectivity index is 1.61. The number of likely N-dealkylation sites (N-methyl/N-ethyl adjacent to an activating group) is 1. The van der Waals surface area contributed by atoms with Crippen LogP contribution in [-0.2, 0) is 16.1 Å². The second kappa shape index (κ2) is 7.54. The topological polar surface area (TPSA) is 43.9 Å². The Morgan fingerprint density at radius 3 is 2.33 bits per heavy atom. The fraction of sp³-hybridized carbons (Fsp3) is 0.600. The molecule has 0 aliphatic carbocycles. The molecular formula is C20H27F2N3O2. The van der Waals surface area contributed by atoms with Gasteiger partial charge in [0.1, 0.15) is 11.6 Å². The van der Waals surface area contributed by atoms with Crippen molar-refractivity contribution in [3.8, 4) is 0 Å². The number of nitrogens with zero attached hydrogens (tertiary/aromatic N) is 3. The van der Waals surface area contributed by atoms with Crippen molar-refractivity contribution in [1.29, 1.82) is 0 Å². The first-order chi connectivity index (χ1) is 12.7. The van der Waals surface area contributed by atoms with Crippen LogP contribution in [0.15, 0.2) is 18.2 Å². The summed E-state index contributed by atoms with van der Waals surface area (Å²) in [5.41, 5.74) is 0.325. The van der Waals surface area contributed by atoms with Gasteiger partial charge in [0.15, 0.2) is 0 Å². The summed E-state index contributed by atoms with van der Waals surface area (Å²) in [6.07, 6.45) is 1.99. The second-order valence-corrected chi connectivity index (χ2v) is 8.17. The monoisotopic (exact) mass is 379 g/mol. The molecule has 2 aliphatic rings. The minimum absolute atomic E-state index is 0.0149. The minimum atomic E-state index is -0.631. The zero-order chi connectivity index (χ0) is 19.8. The highest BCUT2D eigenvalue weighted by atomic mass is 19.1. The third-order valence-electron chi connectivity index (χ3n) is 5.97. The van der Waals surface area contributed by atoms with Crippen LogP contribution in [0.25, 0.3) is 0 Å². The Labute approximate surface area is 158 Å². The summed E-state index contributed by atoms with van der Waals surface area (Å²) < 4.78 is 26.8. The van der Waals surface area contributed by atoms with Crippen molar-refractivity contribution in [1.82, 2.24) is 14.7 Å². The molecule has 2 saturated heterocycles. The van der Waals surface area contributed by atoms with Crippen molar-refractivity contribution in [2.75, 3.05) is 33.7 Å². The minimum Gasteiger partial charge on any atom is -0.341 e. The van der Waals surface area contributed by atoms with E-state index in [2.05, 4.69) is 0 Å². The van der Waals surface area contributed by atoms with Crippen LogP contribution in [0.2, 0.25) is 0 Å². The molecule has 0 unspecified atom stereocenters. The van der Waals surface area contributed by atoms with Crippen molar-refractivity contribution in [3.05, 3.63) is 35.4 Å². The van der Waals surface area contributed by atoms with Crippen molar-refractivity contribution in [2.45, 2.75) is 38.8 Å². The summed E-state index contributed by atoms with van der Waals surface area (Å²) in [5.74, 6) is -1.13. The van der Waals surface area contributed by atoms with Crippen LogP contribution in [0.1, 0.15) is 31.7 Å². The maximum Gasteiger partial charge on any atom is 0.239 e. The van der Waals surface area contributed by atoms with Crippen molar-refractivity contribution in [2.24, 2.45) is 5.41 Å². The summed E-state index contributed by atoms with van der Waals surface area (Å²) in [7, 11) is 3.77. The van der Waals surface area contributed by atoms with Crippen LogP contribution >= 0.6 is 0 Å². The van der Waals surface area contributed by atoms with E-state index in [1.807, 2.05) is 30.8 Å². The molecular weight excluding hydrogens is 352 g/mol. The van der Waals surface area contributed by atoms with E-state index in [-0.39, 0.29) is 29.8 Å². The van der Waals surface area contributed by atoms with E-state index in [9.17, 15) is 18.4 Å². The van der Waals surface area contributed by atoms with Crippen molar-refractivity contribution >= 4 is 11.8 Å². The van der Waals surface area contributed by atoms with Gasteiger partial charge in [0.2, 0.25) is 11.8 Å². The smallest absolute Gasteiger partial charge is 0.239 e. The normalized spacial score (nSPS) is 20.6. The Morgan fingerprint density at radius 1 is 1.19 bits per heavy atom. The molecule has 0 bridgehead atoms. The average molecular weight is 379 g/mol. The van der Waals surface area contributed by atoms with Gasteiger partial charge in [0.25, 0.3) is 0 Å². The van der Waals surface area contributed by atoms with Crippen LogP contribution in [0.5, 0.6) is 0 Å². The van der Waals surface area contributed by atoms with Crippen LogP contribution < -0.4 is 0 Å². The van der Waals surface area contributed by atoms with Crippen LogP contribution in [0, 0.1) is 17.0 Å². The van der Waals surface area contributed by atoms with Crippen molar-refractivity contribution < 1.29 is 18.4 Å². The summed E-state index contributed by atoms with van der Waals surface area (Å²) in [6.45, 7) is 3.98. The quantitative estimate of drug-likeness (QED) is 0.806. The molecule has 2 aliphatic heterocycles. The molecule has 2 heterocycles. The molecule has 2 fully saturated rings. The third-order valence-corrected chi connectivity index (χ3v) is 5.97. The van der Waals surface area contributed by atoms with E-state index in [0.717, 1.165) is 18.9 Å². The molecule has 7 heteroatoms. The zero-order valence-electron chi connectivity index (χ0n) is 16.2. The van der Waals surface area contributed by atoms with Crippen LogP contribution in [0.4, 0.5) is 8.78 Å². The lowest BCUT2D eigenvalue weighted by Crippen LogP contribution is -2.50. The first-order valence-corrected chi connectivity index (χ1v) is 9.37. The highest BCUT2D eigenvalue weighted by molar-refractivity contribution is 5.82. The van der Waals surface area contributed by atoms with Crippen LogP contribution in [-0.4, -0.2) is 66.3 Å². The fourth-order valence-corrected chi connectivity index (χ4v) is 4.07. The molecule has 148 valence electrons. The number of piperidine rings is 1. The molecule has 0 radical (unpaired) electrons. The van der Waals surface area contributed by atoms with Gasteiger partial charge in [-0.25, -0.2) is 8.78 Å². The van der Waals surface area contributed by atoms with Crippen LogP contribution in [0.3, 0.4) is 0 Å². The van der Waals surface area contributed by atoms with E-state index in [1.165, 1.54) is 12.1 Å². The molecule has 1 aromatic rings. The Hall–Kier alpha value is -2.02. The number of hydrogen-bond acceptors (Lipinski definition) is 3. The average Bonchev–Trinajstić information content (AvgIpc) is 2.88. The number of carbonyl (C=O) groups is 2. The lowest BCUT2D eigenvalue weighted by Gasteiger charge is -2.40. The van der Waals surface area contributed by atoms with E-state index in [0.29, 0.717) is 31.6 Å². The van der Waals surface area contributed by atoms with Gasteiger partial charge in [0, 0.05) is 44.1 Å². The maximum atomic E-state index is 13.4. The Kier molecular flexibility index (Phi) is 5.51. The van der Waals surface area contributed by atoms with Gasteiger partial charge < -0.3 is 9.80 Å². The number of hydrogen-bond donors (Lipinski definition) is 0. The van der Waals surface area contributed by atoms with Gasteiger partial charge in [-0.2, -0.15) is 0 Å². The molecule has 1 spiro atoms. The predicted molar refractivity (Wildman–Crippen MR) is 97.8 cm³/mol. The zero-order valence-corrected chi connectivity index (χ0v) is 16.2. The standard InChI is InChI=1S/C20H27F2N3O2/c1-14(23(2)3)19(27)24-6-4-20(5-7-24)11-18(26)25(13-20)12-15-8-16(21)10-17(22)9-15/h8-10,14H,4-7,11-13H2,1-3H3/t14-/m0/s1.